The molecule has 5 heteroatoms. The van der Waals surface area contributed by atoms with Crippen molar-refractivity contribution in [2.24, 2.45) is 0 Å². The SMILES string of the molecule is CCOC(=O)CC(=O)Nc1ccc(Oc2ccccc2)cc1. The van der Waals surface area contributed by atoms with E-state index < -0.39 is 11.9 Å². The van der Waals surface area contributed by atoms with Crippen LogP contribution in [-0.4, -0.2) is 18.5 Å². The fourth-order valence-corrected chi connectivity index (χ4v) is 1.78. The van der Waals surface area contributed by atoms with Crippen LogP contribution in [0.2, 0.25) is 0 Å². The summed E-state index contributed by atoms with van der Waals surface area (Å²) >= 11 is 0. The molecule has 114 valence electrons. The predicted molar refractivity (Wildman–Crippen MR) is 82.8 cm³/mol. The number of hydrogen-bond donors (Lipinski definition) is 1. The molecular formula is C17H17NO4. The average Bonchev–Trinajstić information content (AvgIpc) is 2.50. The van der Waals surface area contributed by atoms with Gasteiger partial charge in [-0.25, -0.2) is 0 Å². The molecule has 0 heterocycles. The first-order valence-electron chi connectivity index (χ1n) is 6.96. The van der Waals surface area contributed by atoms with Gasteiger partial charge in [-0.1, -0.05) is 18.2 Å². The molecule has 5 nitrogen and oxygen atoms in total. The van der Waals surface area contributed by atoms with Crippen molar-refractivity contribution in [2.75, 3.05) is 11.9 Å². The first-order chi connectivity index (χ1) is 10.7. The number of ether oxygens (including phenoxy) is 2. The van der Waals surface area contributed by atoms with Crippen LogP contribution in [0.4, 0.5) is 5.69 Å². The van der Waals surface area contributed by atoms with Crippen molar-refractivity contribution in [3.05, 3.63) is 54.6 Å². The van der Waals surface area contributed by atoms with Gasteiger partial charge in [0.25, 0.3) is 0 Å². The van der Waals surface area contributed by atoms with Crippen LogP contribution in [0.1, 0.15) is 13.3 Å². The van der Waals surface area contributed by atoms with Crippen LogP contribution >= 0.6 is 0 Å². The summed E-state index contributed by atoms with van der Waals surface area (Å²) in [4.78, 5) is 22.8. The Balaban J connectivity index is 1.89. The van der Waals surface area contributed by atoms with Crippen LogP contribution in [0.25, 0.3) is 0 Å². The van der Waals surface area contributed by atoms with Crippen LogP contribution in [0, 0.1) is 0 Å². The number of benzene rings is 2. The lowest BCUT2D eigenvalue weighted by Crippen LogP contribution is -2.18. The van der Waals surface area contributed by atoms with E-state index in [0.717, 1.165) is 5.75 Å². The number of carbonyl (C=O) groups excluding carboxylic acids is 2. The van der Waals surface area contributed by atoms with Crippen LogP contribution in [-0.2, 0) is 14.3 Å². The molecule has 1 amide bonds. The average molecular weight is 299 g/mol. The van der Waals surface area contributed by atoms with E-state index in [9.17, 15) is 9.59 Å². The van der Waals surface area contributed by atoms with E-state index in [1.807, 2.05) is 30.3 Å². The third-order valence-corrected chi connectivity index (χ3v) is 2.73. The minimum atomic E-state index is -0.538. The maximum absolute atomic E-state index is 11.6. The Morgan fingerprint density at radius 2 is 1.59 bits per heavy atom. The zero-order valence-corrected chi connectivity index (χ0v) is 12.2. The zero-order valence-electron chi connectivity index (χ0n) is 12.2. The molecule has 0 unspecified atom stereocenters. The quantitative estimate of drug-likeness (QED) is 0.656. The maximum Gasteiger partial charge on any atom is 0.315 e. The van der Waals surface area contributed by atoms with Crippen molar-refractivity contribution < 1.29 is 19.1 Å². The molecule has 0 aromatic heterocycles. The first kappa shape index (κ1) is 15.6. The summed E-state index contributed by atoms with van der Waals surface area (Å²) in [5.41, 5.74) is 0.592. The number of carbonyl (C=O) groups is 2. The summed E-state index contributed by atoms with van der Waals surface area (Å²) < 4.78 is 10.4. The molecular weight excluding hydrogens is 282 g/mol. The minimum absolute atomic E-state index is 0.262. The third kappa shape index (κ3) is 4.94. The second kappa shape index (κ2) is 7.83. The highest BCUT2D eigenvalue weighted by Crippen LogP contribution is 2.22. The summed E-state index contributed by atoms with van der Waals surface area (Å²) in [6.07, 6.45) is -0.296. The number of para-hydroxylation sites is 1. The van der Waals surface area contributed by atoms with Gasteiger partial charge < -0.3 is 14.8 Å². The van der Waals surface area contributed by atoms with Crippen molar-refractivity contribution >= 4 is 17.6 Å². The number of rotatable bonds is 6. The molecule has 0 bridgehead atoms. The Morgan fingerprint density at radius 1 is 0.955 bits per heavy atom. The molecule has 0 atom stereocenters. The van der Waals surface area contributed by atoms with Crippen molar-refractivity contribution in [1.82, 2.24) is 0 Å². The number of hydrogen-bond acceptors (Lipinski definition) is 4. The van der Waals surface area contributed by atoms with Crippen molar-refractivity contribution in [3.8, 4) is 11.5 Å². The van der Waals surface area contributed by atoms with Gasteiger partial charge in [0.2, 0.25) is 5.91 Å². The van der Waals surface area contributed by atoms with E-state index in [1.54, 1.807) is 31.2 Å². The molecule has 0 aliphatic rings. The molecule has 2 aromatic rings. The van der Waals surface area contributed by atoms with Crippen LogP contribution < -0.4 is 10.1 Å². The predicted octanol–water partition coefficient (Wildman–Crippen LogP) is 3.37. The monoisotopic (exact) mass is 299 g/mol. The van der Waals surface area contributed by atoms with Crippen LogP contribution in [0.3, 0.4) is 0 Å². The number of anilines is 1. The highest BCUT2D eigenvalue weighted by atomic mass is 16.5. The lowest BCUT2D eigenvalue weighted by Gasteiger charge is -2.08. The summed E-state index contributed by atoms with van der Waals surface area (Å²) in [7, 11) is 0. The third-order valence-electron chi connectivity index (χ3n) is 2.73. The van der Waals surface area contributed by atoms with E-state index in [0.29, 0.717) is 11.4 Å². The summed E-state index contributed by atoms with van der Waals surface area (Å²) in [5, 5.41) is 2.63. The number of nitrogens with one attached hydrogen (secondary N) is 1. The van der Waals surface area contributed by atoms with Gasteiger partial charge in [0.1, 0.15) is 17.9 Å². The Hall–Kier alpha value is -2.82. The smallest absolute Gasteiger partial charge is 0.315 e. The molecule has 0 saturated heterocycles. The Kier molecular flexibility index (Phi) is 5.54. The van der Waals surface area contributed by atoms with Gasteiger partial charge in [-0.15, -0.1) is 0 Å². The van der Waals surface area contributed by atoms with Gasteiger partial charge >= 0.3 is 5.97 Å². The maximum atomic E-state index is 11.6. The molecule has 0 aliphatic carbocycles. The second-order valence-electron chi connectivity index (χ2n) is 4.47. The van der Waals surface area contributed by atoms with Crippen molar-refractivity contribution in [2.45, 2.75) is 13.3 Å². The molecule has 1 N–H and O–H groups in total. The summed E-state index contributed by atoms with van der Waals surface area (Å²) in [6, 6.07) is 16.3. The topological polar surface area (TPSA) is 64.6 Å². The lowest BCUT2D eigenvalue weighted by atomic mass is 10.3. The van der Waals surface area contributed by atoms with Gasteiger partial charge in [-0.3, -0.25) is 9.59 Å². The highest BCUT2D eigenvalue weighted by Gasteiger charge is 2.10. The fourth-order valence-electron chi connectivity index (χ4n) is 1.78. The Bertz CT molecular complexity index is 623. The van der Waals surface area contributed by atoms with E-state index in [2.05, 4.69) is 5.32 Å². The second-order valence-corrected chi connectivity index (χ2v) is 4.47. The molecule has 0 saturated carbocycles. The molecule has 0 spiro atoms. The number of amides is 1. The molecule has 0 radical (unpaired) electrons. The van der Waals surface area contributed by atoms with Gasteiger partial charge in [0, 0.05) is 5.69 Å². The Labute approximate surface area is 128 Å². The Morgan fingerprint density at radius 3 is 2.23 bits per heavy atom. The number of esters is 1. The van der Waals surface area contributed by atoms with E-state index in [4.69, 9.17) is 9.47 Å². The molecule has 2 rings (SSSR count). The first-order valence-corrected chi connectivity index (χ1v) is 6.96. The van der Waals surface area contributed by atoms with E-state index >= 15 is 0 Å². The minimum Gasteiger partial charge on any atom is -0.466 e. The van der Waals surface area contributed by atoms with Gasteiger partial charge in [-0.2, -0.15) is 0 Å². The normalized spacial score (nSPS) is 9.86. The van der Waals surface area contributed by atoms with Gasteiger partial charge in [-0.05, 0) is 43.3 Å². The summed E-state index contributed by atoms with van der Waals surface area (Å²) in [5.74, 6) is 0.454. The standard InChI is InChI=1S/C17H17NO4/c1-2-21-17(20)12-16(19)18-13-8-10-15(11-9-13)22-14-6-4-3-5-7-14/h3-11H,2,12H2,1H3,(H,18,19). The largest absolute Gasteiger partial charge is 0.466 e. The molecule has 0 aliphatic heterocycles. The molecule has 2 aromatic carbocycles. The van der Waals surface area contributed by atoms with Gasteiger partial charge in [0.15, 0.2) is 0 Å². The molecule has 22 heavy (non-hydrogen) atoms. The van der Waals surface area contributed by atoms with Crippen LogP contribution in [0.5, 0.6) is 11.5 Å². The summed E-state index contributed by atoms with van der Waals surface area (Å²) in [6.45, 7) is 1.96. The lowest BCUT2D eigenvalue weighted by molar-refractivity contribution is -0.145. The fraction of sp³-hybridized carbons (Fsp3) is 0.176. The molecule has 0 fully saturated rings. The van der Waals surface area contributed by atoms with Gasteiger partial charge in [0.05, 0.1) is 6.61 Å². The van der Waals surface area contributed by atoms with Crippen molar-refractivity contribution in [1.29, 1.82) is 0 Å². The van der Waals surface area contributed by atoms with Crippen LogP contribution in [0.15, 0.2) is 54.6 Å². The van der Waals surface area contributed by atoms with Crippen molar-refractivity contribution in [3.63, 3.8) is 0 Å². The zero-order chi connectivity index (χ0) is 15.8. The highest BCUT2D eigenvalue weighted by molar-refractivity contribution is 6.01. The van der Waals surface area contributed by atoms with E-state index in [-0.39, 0.29) is 13.0 Å². The van der Waals surface area contributed by atoms with E-state index in [1.165, 1.54) is 0 Å².